The van der Waals surface area contributed by atoms with Crippen molar-refractivity contribution in [2.75, 3.05) is 31.1 Å². The molecule has 3 heterocycles. The number of carboxylic acids is 1. The van der Waals surface area contributed by atoms with Gasteiger partial charge in [-0.25, -0.2) is 9.18 Å². The van der Waals surface area contributed by atoms with Gasteiger partial charge in [-0.2, -0.15) is 0 Å². The van der Waals surface area contributed by atoms with Crippen molar-refractivity contribution in [3.63, 3.8) is 0 Å². The van der Waals surface area contributed by atoms with Gasteiger partial charge in [-0.1, -0.05) is 0 Å². The topological polar surface area (TPSA) is 87.5 Å². The van der Waals surface area contributed by atoms with E-state index in [4.69, 9.17) is 0 Å². The maximum atomic E-state index is 15.0. The molecule has 0 amide bonds. The molecule has 3 aromatic rings. The van der Waals surface area contributed by atoms with Crippen LogP contribution in [0.1, 0.15) is 29.2 Å². The van der Waals surface area contributed by atoms with Gasteiger partial charge >= 0.3 is 5.97 Å². The SMILES string of the molecule is O=C(O)c1c(-c2cccnc2)n(C2CC2)c2cc(N3CCNCC3)c(F)cc2c1=O. The molecule has 5 rings (SSSR count). The molecule has 1 aliphatic carbocycles. The van der Waals surface area contributed by atoms with E-state index in [2.05, 4.69) is 10.3 Å². The lowest BCUT2D eigenvalue weighted by atomic mass is 10.0. The predicted molar refractivity (Wildman–Crippen MR) is 112 cm³/mol. The minimum absolute atomic E-state index is 0.0720. The molecule has 0 unspecified atom stereocenters. The number of carboxylic acid groups (broad SMARTS) is 1. The molecule has 1 saturated heterocycles. The summed E-state index contributed by atoms with van der Waals surface area (Å²) < 4.78 is 16.9. The van der Waals surface area contributed by atoms with E-state index in [9.17, 15) is 14.7 Å². The van der Waals surface area contributed by atoms with E-state index < -0.39 is 17.2 Å². The van der Waals surface area contributed by atoms with Crippen LogP contribution in [0.3, 0.4) is 0 Å². The van der Waals surface area contributed by atoms with Crippen LogP contribution >= 0.6 is 0 Å². The number of nitrogens with zero attached hydrogens (tertiary/aromatic N) is 3. The third kappa shape index (κ3) is 3.04. The summed E-state index contributed by atoms with van der Waals surface area (Å²) in [4.78, 5) is 31.4. The van der Waals surface area contributed by atoms with Crippen LogP contribution in [-0.4, -0.2) is 46.8 Å². The smallest absolute Gasteiger partial charge is 0.341 e. The molecule has 154 valence electrons. The molecular weight excluding hydrogens is 387 g/mol. The third-order valence-corrected chi connectivity index (χ3v) is 5.79. The number of pyridine rings is 2. The maximum Gasteiger partial charge on any atom is 0.341 e. The zero-order valence-electron chi connectivity index (χ0n) is 16.3. The fourth-order valence-electron chi connectivity index (χ4n) is 4.26. The second-order valence-electron chi connectivity index (χ2n) is 7.76. The number of fused-ring (bicyclic) bond motifs is 1. The molecule has 0 spiro atoms. The number of nitrogens with one attached hydrogen (secondary N) is 1. The first-order chi connectivity index (χ1) is 14.6. The van der Waals surface area contributed by atoms with Gasteiger partial charge in [-0.15, -0.1) is 0 Å². The van der Waals surface area contributed by atoms with Gasteiger partial charge in [0, 0.05) is 55.6 Å². The van der Waals surface area contributed by atoms with Crippen LogP contribution in [0.25, 0.3) is 22.2 Å². The molecule has 7 nitrogen and oxygen atoms in total. The van der Waals surface area contributed by atoms with Crippen LogP contribution in [-0.2, 0) is 0 Å². The summed E-state index contributed by atoms with van der Waals surface area (Å²) in [6.45, 7) is 2.84. The second-order valence-corrected chi connectivity index (χ2v) is 7.76. The van der Waals surface area contributed by atoms with E-state index in [1.54, 1.807) is 30.6 Å². The number of piperazine rings is 1. The summed E-state index contributed by atoms with van der Waals surface area (Å²) in [6.07, 6.45) is 4.92. The standard InChI is InChI=1S/C22H21FN4O3/c23-16-10-15-17(11-18(16)26-8-6-24-7-9-26)27(14-3-4-14)20(13-2-1-5-25-12-13)19(21(15)28)22(29)30/h1-2,5,10-12,14,24H,3-4,6-9H2,(H,29,30). The van der Waals surface area contributed by atoms with Gasteiger partial charge in [-0.05, 0) is 37.1 Å². The minimum Gasteiger partial charge on any atom is -0.477 e. The summed E-state index contributed by atoms with van der Waals surface area (Å²) >= 11 is 0. The van der Waals surface area contributed by atoms with Crippen LogP contribution in [0.4, 0.5) is 10.1 Å². The van der Waals surface area contributed by atoms with E-state index in [-0.39, 0.29) is 17.0 Å². The lowest BCUT2D eigenvalue weighted by Gasteiger charge is -2.30. The Morgan fingerprint density at radius 3 is 2.63 bits per heavy atom. The molecular formula is C22H21FN4O3. The largest absolute Gasteiger partial charge is 0.477 e. The van der Waals surface area contributed by atoms with Crippen LogP contribution in [0.2, 0.25) is 0 Å². The fourth-order valence-corrected chi connectivity index (χ4v) is 4.26. The van der Waals surface area contributed by atoms with Crippen LogP contribution in [0.15, 0.2) is 41.5 Å². The van der Waals surface area contributed by atoms with E-state index >= 15 is 4.39 Å². The summed E-state index contributed by atoms with van der Waals surface area (Å²) in [5, 5.41) is 13.2. The molecule has 2 fully saturated rings. The summed E-state index contributed by atoms with van der Waals surface area (Å²) in [5.41, 5.74) is 0.914. The van der Waals surface area contributed by atoms with E-state index in [1.165, 1.54) is 6.07 Å². The molecule has 1 aromatic carbocycles. The van der Waals surface area contributed by atoms with E-state index in [0.717, 1.165) is 25.9 Å². The molecule has 0 bridgehead atoms. The summed E-state index contributed by atoms with van der Waals surface area (Å²) in [6, 6.07) is 6.44. The van der Waals surface area contributed by atoms with E-state index in [1.807, 2.05) is 9.47 Å². The molecule has 2 aromatic heterocycles. The van der Waals surface area contributed by atoms with Crippen LogP contribution < -0.4 is 15.6 Å². The highest BCUT2D eigenvalue weighted by atomic mass is 19.1. The molecule has 2 N–H and O–H groups in total. The zero-order chi connectivity index (χ0) is 20.8. The Bertz CT molecular complexity index is 1200. The molecule has 2 aliphatic rings. The first-order valence-corrected chi connectivity index (χ1v) is 10.1. The molecule has 1 saturated carbocycles. The number of halogens is 1. The van der Waals surface area contributed by atoms with Gasteiger partial charge in [-0.3, -0.25) is 9.78 Å². The number of carbonyl (C=O) groups is 1. The van der Waals surface area contributed by atoms with Crippen molar-refractivity contribution in [3.8, 4) is 11.3 Å². The van der Waals surface area contributed by atoms with Gasteiger partial charge in [0.1, 0.15) is 11.4 Å². The average Bonchev–Trinajstić information content (AvgIpc) is 3.59. The molecule has 30 heavy (non-hydrogen) atoms. The summed E-state index contributed by atoms with van der Waals surface area (Å²) in [7, 11) is 0. The van der Waals surface area contributed by atoms with Crippen molar-refractivity contribution in [3.05, 3.63) is 58.3 Å². The zero-order valence-corrected chi connectivity index (χ0v) is 16.3. The number of aromatic carboxylic acids is 1. The van der Waals surface area contributed by atoms with Gasteiger partial charge in [0.25, 0.3) is 0 Å². The number of rotatable bonds is 4. The lowest BCUT2D eigenvalue weighted by molar-refractivity contribution is 0.0696. The molecule has 1 aliphatic heterocycles. The molecule has 0 radical (unpaired) electrons. The Balaban J connectivity index is 1.86. The fraction of sp³-hybridized carbons (Fsp3) is 0.318. The van der Waals surface area contributed by atoms with Crippen molar-refractivity contribution < 1.29 is 14.3 Å². The highest BCUT2D eigenvalue weighted by Crippen LogP contribution is 2.42. The average molecular weight is 408 g/mol. The van der Waals surface area contributed by atoms with Crippen molar-refractivity contribution in [1.29, 1.82) is 0 Å². The van der Waals surface area contributed by atoms with Gasteiger partial charge in [0.05, 0.1) is 16.9 Å². The Labute approximate surface area is 171 Å². The second kappa shape index (κ2) is 7.21. The van der Waals surface area contributed by atoms with Crippen molar-refractivity contribution in [2.24, 2.45) is 0 Å². The first-order valence-electron chi connectivity index (χ1n) is 10.1. The normalized spacial score (nSPS) is 16.8. The van der Waals surface area contributed by atoms with Gasteiger partial charge < -0.3 is 19.9 Å². The number of aromatic nitrogens is 2. The monoisotopic (exact) mass is 408 g/mol. The van der Waals surface area contributed by atoms with Crippen LogP contribution in [0, 0.1) is 5.82 Å². The Morgan fingerprint density at radius 2 is 2.00 bits per heavy atom. The van der Waals surface area contributed by atoms with Crippen molar-refractivity contribution >= 4 is 22.6 Å². The summed E-state index contributed by atoms with van der Waals surface area (Å²) in [5.74, 6) is -1.82. The van der Waals surface area contributed by atoms with E-state index in [0.29, 0.717) is 35.6 Å². The molecule has 8 heteroatoms. The minimum atomic E-state index is -1.32. The highest BCUT2D eigenvalue weighted by molar-refractivity contribution is 6.00. The third-order valence-electron chi connectivity index (χ3n) is 5.79. The quantitative estimate of drug-likeness (QED) is 0.690. The van der Waals surface area contributed by atoms with Gasteiger partial charge in [0.2, 0.25) is 5.43 Å². The Kier molecular flexibility index (Phi) is 4.51. The predicted octanol–water partition coefficient (Wildman–Crippen LogP) is 2.65. The first kappa shape index (κ1) is 18.7. The van der Waals surface area contributed by atoms with Gasteiger partial charge in [0.15, 0.2) is 0 Å². The van der Waals surface area contributed by atoms with Crippen molar-refractivity contribution in [1.82, 2.24) is 14.9 Å². The Morgan fingerprint density at radius 1 is 1.23 bits per heavy atom. The van der Waals surface area contributed by atoms with Crippen LogP contribution in [0.5, 0.6) is 0 Å². The number of anilines is 1. The lowest BCUT2D eigenvalue weighted by Crippen LogP contribution is -2.44. The Hall–Kier alpha value is -3.26. The number of hydrogen-bond acceptors (Lipinski definition) is 5. The number of hydrogen-bond donors (Lipinski definition) is 2. The van der Waals surface area contributed by atoms with Crippen molar-refractivity contribution in [2.45, 2.75) is 18.9 Å². The number of benzene rings is 1. The maximum absolute atomic E-state index is 15.0. The molecule has 0 atom stereocenters. The highest BCUT2D eigenvalue weighted by Gasteiger charge is 2.32.